The fraction of sp³-hybridized carbons (Fsp3) is 0.800. The highest BCUT2D eigenvalue weighted by Crippen LogP contribution is 2.69. The monoisotopic (exact) mass is 330 g/mol. The third kappa shape index (κ3) is 1.83. The van der Waals surface area contributed by atoms with Gasteiger partial charge in [0.25, 0.3) is 0 Å². The molecule has 3 saturated carbocycles. The molecular formula is C20H26O2S. The molecule has 6 atom stereocenters. The van der Waals surface area contributed by atoms with Gasteiger partial charge in [-0.25, -0.2) is 0 Å². The molecule has 0 amide bonds. The number of fused-ring (bicyclic) bond motifs is 5. The van der Waals surface area contributed by atoms with E-state index in [-0.39, 0.29) is 5.41 Å². The fourth-order valence-corrected chi connectivity index (χ4v) is 8.13. The molecule has 0 aromatic rings. The Bertz CT molecular complexity index is 619. The van der Waals surface area contributed by atoms with Gasteiger partial charge in [0.1, 0.15) is 5.78 Å². The Labute approximate surface area is 142 Å². The summed E-state index contributed by atoms with van der Waals surface area (Å²) in [5.74, 6) is 4.27. The number of Topliss-reactive ketones (excluding diaryl/α,β-unsaturated/α-hetero) is 1. The number of rotatable bonds is 1. The van der Waals surface area contributed by atoms with Gasteiger partial charge in [0.2, 0.25) is 0 Å². The van der Waals surface area contributed by atoms with E-state index in [0.717, 1.165) is 55.6 Å². The van der Waals surface area contributed by atoms with Crippen LogP contribution in [-0.2, 0) is 9.59 Å². The highest BCUT2D eigenvalue weighted by Gasteiger charge is 2.63. The summed E-state index contributed by atoms with van der Waals surface area (Å²) in [5.41, 5.74) is 1.79. The second-order valence-electron chi connectivity index (χ2n) is 8.83. The van der Waals surface area contributed by atoms with Crippen LogP contribution >= 0.6 is 11.8 Å². The van der Waals surface area contributed by atoms with Crippen molar-refractivity contribution >= 4 is 23.3 Å². The first-order chi connectivity index (χ1) is 11.1. The molecule has 1 saturated heterocycles. The quantitative estimate of drug-likeness (QED) is 0.676. The van der Waals surface area contributed by atoms with Crippen molar-refractivity contribution in [3.8, 4) is 0 Å². The molecule has 3 heteroatoms. The van der Waals surface area contributed by atoms with Crippen molar-refractivity contribution in [2.24, 2.45) is 28.6 Å². The van der Waals surface area contributed by atoms with Crippen molar-refractivity contribution in [2.45, 2.75) is 63.5 Å². The van der Waals surface area contributed by atoms with E-state index in [1.807, 2.05) is 6.08 Å². The van der Waals surface area contributed by atoms with Crippen molar-refractivity contribution in [3.05, 3.63) is 11.6 Å². The Morgan fingerprint density at radius 2 is 1.87 bits per heavy atom. The van der Waals surface area contributed by atoms with Gasteiger partial charge in [0.15, 0.2) is 5.78 Å². The van der Waals surface area contributed by atoms with Crippen molar-refractivity contribution in [3.63, 3.8) is 0 Å². The molecule has 1 heterocycles. The zero-order valence-electron chi connectivity index (χ0n) is 14.0. The second-order valence-corrected chi connectivity index (χ2v) is 10.1. The molecule has 5 aliphatic rings. The summed E-state index contributed by atoms with van der Waals surface area (Å²) in [6.45, 7) is 2.26. The van der Waals surface area contributed by atoms with Crippen molar-refractivity contribution in [2.75, 3.05) is 5.75 Å². The number of hydrogen-bond donors (Lipinski definition) is 0. The molecule has 0 radical (unpaired) electrons. The Hall–Kier alpha value is -0.570. The van der Waals surface area contributed by atoms with Gasteiger partial charge in [-0.2, -0.15) is 11.8 Å². The maximum absolute atomic E-state index is 12.5. The van der Waals surface area contributed by atoms with E-state index in [0.29, 0.717) is 22.9 Å². The maximum atomic E-state index is 12.5. The van der Waals surface area contributed by atoms with E-state index in [9.17, 15) is 9.59 Å². The molecule has 0 aromatic heterocycles. The smallest absolute Gasteiger partial charge is 0.155 e. The van der Waals surface area contributed by atoms with E-state index in [4.69, 9.17) is 0 Å². The third-order valence-corrected chi connectivity index (χ3v) is 9.27. The minimum absolute atomic E-state index is 0.0231. The van der Waals surface area contributed by atoms with Gasteiger partial charge in [-0.1, -0.05) is 12.5 Å². The average molecular weight is 330 g/mol. The molecule has 0 aromatic carbocycles. The first-order valence-electron chi connectivity index (χ1n) is 9.44. The lowest BCUT2D eigenvalue weighted by Crippen LogP contribution is -2.53. The summed E-state index contributed by atoms with van der Waals surface area (Å²) < 4.78 is 0. The lowest BCUT2D eigenvalue weighted by atomic mass is 9.46. The van der Waals surface area contributed by atoms with E-state index in [1.54, 1.807) is 0 Å². The van der Waals surface area contributed by atoms with Crippen molar-refractivity contribution in [1.29, 1.82) is 0 Å². The Morgan fingerprint density at radius 3 is 2.65 bits per heavy atom. The summed E-state index contributed by atoms with van der Waals surface area (Å²) in [4.78, 5) is 24.5. The van der Waals surface area contributed by atoms with Crippen molar-refractivity contribution < 1.29 is 9.59 Å². The van der Waals surface area contributed by atoms with Crippen LogP contribution in [0.2, 0.25) is 0 Å². The first kappa shape index (κ1) is 14.7. The van der Waals surface area contributed by atoms with E-state index in [1.165, 1.54) is 24.2 Å². The summed E-state index contributed by atoms with van der Waals surface area (Å²) >= 11 is 2.11. The molecule has 1 aliphatic heterocycles. The molecule has 5 rings (SSSR count). The number of thioether (sulfide) groups is 1. The minimum atomic E-state index is -0.0231. The van der Waals surface area contributed by atoms with Gasteiger partial charge in [-0.15, -0.1) is 0 Å². The zero-order valence-corrected chi connectivity index (χ0v) is 14.8. The highest BCUT2D eigenvalue weighted by atomic mass is 32.2. The van der Waals surface area contributed by atoms with Crippen LogP contribution in [0, 0.1) is 28.6 Å². The maximum Gasteiger partial charge on any atom is 0.155 e. The number of allylic oxidation sites excluding steroid dienone is 1. The molecule has 0 bridgehead atoms. The minimum Gasteiger partial charge on any atom is -0.299 e. The Kier molecular flexibility index (Phi) is 3.04. The van der Waals surface area contributed by atoms with Gasteiger partial charge < -0.3 is 0 Å². The van der Waals surface area contributed by atoms with Gasteiger partial charge in [-0.3, -0.25) is 9.59 Å². The number of carbonyl (C=O) groups excluding carboxylic acids is 2. The van der Waals surface area contributed by atoms with Crippen LogP contribution in [0.1, 0.15) is 58.3 Å². The lowest BCUT2D eigenvalue weighted by molar-refractivity contribution is -0.132. The number of carbonyl (C=O) groups is 2. The topological polar surface area (TPSA) is 34.1 Å². The Balaban J connectivity index is 1.57. The molecule has 23 heavy (non-hydrogen) atoms. The van der Waals surface area contributed by atoms with Gasteiger partial charge in [0, 0.05) is 34.7 Å². The predicted molar refractivity (Wildman–Crippen MR) is 92.3 cm³/mol. The van der Waals surface area contributed by atoms with Crippen LogP contribution in [0.4, 0.5) is 0 Å². The normalized spacial score (nSPS) is 51.6. The van der Waals surface area contributed by atoms with Crippen LogP contribution in [0.15, 0.2) is 11.6 Å². The average Bonchev–Trinajstić information content (AvgIpc) is 3.34. The first-order valence-corrected chi connectivity index (χ1v) is 10.5. The van der Waals surface area contributed by atoms with Crippen LogP contribution in [-0.4, -0.2) is 22.6 Å². The zero-order chi connectivity index (χ0) is 15.8. The largest absolute Gasteiger partial charge is 0.299 e. The van der Waals surface area contributed by atoms with Crippen LogP contribution in [0.25, 0.3) is 0 Å². The summed E-state index contributed by atoms with van der Waals surface area (Å²) in [5, 5.41) is 0.760. The standard InChI is InChI=1S/C20H26O2S/c1-19-8-7-16-14(15(19)4-5-17(19)22)3-2-12-10-13(21)6-9-20(12,16)18-11-23-18/h10,14-16,18H,2-9,11H2,1H3/t14-,15-,16-,18?,19-,20?/m0/s1. The summed E-state index contributed by atoms with van der Waals surface area (Å²) in [6.07, 6.45) is 10.5. The molecule has 4 fully saturated rings. The fourth-order valence-electron chi connectivity index (χ4n) is 6.99. The molecular weight excluding hydrogens is 304 g/mol. The van der Waals surface area contributed by atoms with Crippen LogP contribution < -0.4 is 0 Å². The molecule has 2 nitrogen and oxygen atoms in total. The van der Waals surface area contributed by atoms with Crippen LogP contribution in [0.5, 0.6) is 0 Å². The molecule has 124 valence electrons. The molecule has 4 aliphatic carbocycles. The van der Waals surface area contributed by atoms with Gasteiger partial charge in [-0.05, 0) is 62.4 Å². The second kappa shape index (κ2) is 4.74. The molecule has 2 unspecified atom stereocenters. The third-order valence-electron chi connectivity index (χ3n) is 8.18. The van der Waals surface area contributed by atoms with E-state index < -0.39 is 0 Å². The predicted octanol–water partition coefficient (Wildman–Crippen LogP) is 4.18. The number of ketones is 2. The number of hydrogen-bond acceptors (Lipinski definition) is 3. The summed E-state index contributed by atoms with van der Waals surface area (Å²) in [7, 11) is 0. The van der Waals surface area contributed by atoms with Crippen molar-refractivity contribution in [1.82, 2.24) is 0 Å². The highest BCUT2D eigenvalue weighted by molar-refractivity contribution is 8.06. The SMILES string of the molecule is C[C@]12CC[C@H]3[C@@H](CCC4=CC(=O)CCC43C3CS3)[C@@H]1CCC2=O. The van der Waals surface area contributed by atoms with Crippen LogP contribution in [0.3, 0.4) is 0 Å². The van der Waals surface area contributed by atoms with Gasteiger partial charge in [0.05, 0.1) is 0 Å². The van der Waals surface area contributed by atoms with E-state index in [2.05, 4.69) is 18.7 Å². The lowest BCUT2D eigenvalue weighted by Gasteiger charge is -2.58. The van der Waals surface area contributed by atoms with Gasteiger partial charge >= 0.3 is 0 Å². The molecule has 0 spiro atoms. The van der Waals surface area contributed by atoms with E-state index >= 15 is 0 Å². The Morgan fingerprint density at radius 1 is 1.04 bits per heavy atom. The molecule has 0 N–H and O–H groups in total. The summed E-state index contributed by atoms with van der Waals surface area (Å²) in [6, 6.07) is 0.